The molecule has 6 nitrogen and oxygen atoms in total. The van der Waals surface area contributed by atoms with E-state index in [1.165, 1.54) is 24.0 Å². The van der Waals surface area contributed by atoms with Gasteiger partial charge in [-0.25, -0.2) is 9.78 Å². The van der Waals surface area contributed by atoms with Gasteiger partial charge in [0.25, 0.3) is 0 Å². The second kappa shape index (κ2) is 8.35. The van der Waals surface area contributed by atoms with Gasteiger partial charge in [0, 0.05) is 17.0 Å². The van der Waals surface area contributed by atoms with Gasteiger partial charge in [-0.2, -0.15) is 5.10 Å². The van der Waals surface area contributed by atoms with Gasteiger partial charge in [-0.15, -0.1) is 0 Å². The van der Waals surface area contributed by atoms with Gasteiger partial charge >= 0.3 is 5.97 Å². The van der Waals surface area contributed by atoms with Gasteiger partial charge in [-0.1, -0.05) is 41.2 Å². The highest BCUT2D eigenvalue weighted by atomic mass is 32.1. The zero-order valence-corrected chi connectivity index (χ0v) is 18.9. The standard InChI is InChI=1S/C24H23N3O3S/c1-13-6-8-17(9-7-13)20-12-19(18-10-14(2)15(3)11-21(18)30-20)26-27-24-25-16(4)22(31-24)23(28)29-5/h6-12H,1-5H3,(H,25,27)/b26-19+. The van der Waals surface area contributed by atoms with Crippen LogP contribution in [-0.2, 0) is 4.74 Å². The molecule has 158 valence electrons. The molecule has 4 rings (SSSR count). The molecule has 7 heteroatoms. The fourth-order valence-corrected chi connectivity index (χ4v) is 4.04. The van der Waals surface area contributed by atoms with E-state index in [9.17, 15) is 4.79 Å². The van der Waals surface area contributed by atoms with E-state index in [0.29, 0.717) is 15.7 Å². The average Bonchev–Trinajstić information content (AvgIpc) is 3.13. The first-order chi connectivity index (χ1) is 14.9. The summed E-state index contributed by atoms with van der Waals surface area (Å²) in [6.07, 6.45) is 0. The van der Waals surface area contributed by atoms with E-state index >= 15 is 0 Å². The number of carbonyl (C=O) groups excluding carboxylic acids is 1. The normalized spacial score (nSPS) is 11.7. The Morgan fingerprint density at radius 2 is 1.77 bits per heavy atom. The van der Waals surface area contributed by atoms with Crippen LogP contribution in [0.1, 0.15) is 32.1 Å². The predicted molar refractivity (Wildman–Crippen MR) is 123 cm³/mol. The molecule has 0 aliphatic heterocycles. The number of methoxy groups -OCH3 is 1. The zero-order chi connectivity index (χ0) is 22.1. The van der Waals surface area contributed by atoms with Crippen molar-refractivity contribution in [3.8, 4) is 11.3 Å². The van der Waals surface area contributed by atoms with Crippen LogP contribution in [0.15, 0.2) is 52.0 Å². The molecule has 0 aliphatic carbocycles. The maximum atomic E-state index is 11.9. The minimum Gasteiger partial charge on any atom is -0.465 e. The number of nitrogens with one attached hydrogen (secondary N) is 1. The second-order valence-corrected chi connectivity index (χ2v) is 8.44. The van der Waals surface area contributed by atoms with Gasteiger partial charge < -0.3 is 9.15 Å². The molecule has 0 saturated heterocycles. The van der Waals surface area contributed by atoms with Crippen molar-refractivity contribution in [3.05, 3.63) is 75.1 Å². The summed E-state index contributed by atoms with van der Waals surface area (Å²) in [5.41, 5.74) is 8.82. The van der Waals surface area contributed by atoms with Crippen LogP contribution in [0.5, 0.6) is 0 Å². The van der Waals surface area contributed by atoms with Gasteiger partial charge in [-0.3, -0.25) is 5.43 Å². The smallest absolute Gasteiger partial charge is 0.350 e. The quantitative estimate of drug-likeness (QED) is 0.339. The first-order valence-corrected chi connectivity index (χ1v) is 10.6. The van der Waals surface area contributed by atoms with Gasteiger partial charge in [0.05, 0.1) is 18.2 Å². The Morgan fingerprint density at radius 3 is 2.48 bits per heavy atom. The zero-order valence-electron chi connectivity index (χ0n) is 18.1. The number of fused-ring (bicyclic) bond motifs is 1. The lowest BCUT2D eigenvalue weighted by atomic mass is 10.1. The van der Waals surface area contributed by atoms with E-state index in [2.05, 4.69) is 54.5 Å². The summed E-state index contributed by atoms with van der Waals surface area (Å²) in [5.74, 6) is 0.321. The molecule has 2 heterocycles. The maximum absolute atomic E-state index is 11.9. The molecule has 1 N–H and O–H groups in total. The number of rotatable bonds is 4. The summed E-state index contributed by atoms with van der Waals surface area (Å²) in [7, 11) is 1.36. The highest BCUT2D eigenvalue weighted by Gasteiger charge is 2.15. The molecule has 0 spiro atoms. The molecule has 0 saturated carbocycles. The Kier molecular flexibility index (Phi) is 5.61. The molecule has 4 aromatic rings. The third-order valence-electron chi connectivity index (χ3n) is 5.14. The number of carbonyl (C=O) groups is 1. The van der Waals surface area contributed by atoms with Crippen molar-refractivity contribution < 1.29 is 13.9 Å². The molecule has 0 aliphatic rings. The first kappa shape index (κ1) is 20.8. The fraction of sp³-hybridized carbons (Fsp3) is 0.208. The summed E-state index contributed by atoms with van der Waals surface area (Å²) >= 11 is 1.21. The molecule has 0 atom stereocenters. The van der Waals surface area contributed by atoms with E-state index in [1.807, 2.05) is 24.3 Å². The summed E-state index contributed by atoms with van der Waals surface area (Å²) in [4.78, 5) is 16.7. The molecule has 0 fully saturated rings. The number of benzene rings is 2. The predicted octanol–water partition coefficient (Wildman–Crippen LogP) is 5.50. The lowest BCUT2D eigenvalue weighted by Gasteiger charge is -2.08. The van der Waals surface area contributed by atoms with E-state index in [1.54, 1.807) is 6.92 Å². The third kappa shape index (κ3) is 4.22. The molecule has 31 heavy (non-hydrogen) atoms. The largest absolute Gasteiger partial charge is 0.465 e. The van der Waals surface area contributed by atoms with E-state index in [-0.39, 0.29) is 0 Å². The van der Waals surface area contributed by atoms with Crippen molar-refractivity contribution in [1.82, 2.24) is 4.98 Å². The van der Waals surface area contributed by atoms with Crippen molar-refractivity contribution in [2.45, 2.75) is 27.7 Å². The summed E-state index contributed by atoms with van der Waals surface area (Å²) in [6, 6.07) is 14.2. The van der Waals surface area contributed by atoms with Crippen LogP contribution in [-0.4, -0.2) is 18.1 Å². The number of esters is 1. The van der Waals surface area contributed by atoms with E-state index in [4.69, 9.17) is 9.15 Å². The minimum absolute atomic E-state index is 0.403. The summed E-state index contributed by atoms with van der Waals surface area (Å²) in [5, 5.41) is 6.75. The molecular formula is C24H23N3O3S. The Bertz CT molecular complexity index is 1350. The van der Waals surface area contributed by atoms with Gasteiger partial charge in [0.2, 0.25) is 5.13 Å². The van der Waals surface area contributed by atoms with Crippen molar-refractivity contribution in [1.29, 1.82) is 0 Å². The van der Waals surface area contributed by atoms with Crippen LogP contribution >= 0.6 is 11.3 Å². The Balaban J connectivity index is 1.84. The van der Waals surface area contributed by atoms with Crippen LogP contribution in [0.3, 0.4) is 0 Å². The number of hydrogen-bond acceptors (Lipinski definition) is 7. The molecular weight excluding hydrogens is 410 g/mol. The summed E-state index contributed by atoms with van der Waals surface area (Å²) < 4.78 is 11.0. The van der Waals surface area contributed by atoms with Crippen LogP contribution in [0, 0.1) is 27.7 Å². The number of anilines is 1. The lowest BCUT2D eigenvalue weighted by Crippen LogP contribution is -2.08. The second-order valence-electron chi connectivity index (χ2n) is 7.44. The molecule has 0 bridgehead atoms. The highest BCUT2D eigenvalue weighted by molar-refractivity contribution is 7.17. The average molecular weight is 434 g/mol. The SMILES string of the molecule is COC(=O)c1sc(N/N=c2\cc(-c3ccc(C)cc3)oc3cc(C)c(C)cc23)nc1C. The third-order valence-corrected chi connectivity index (χ3v) is 6.18. The molecule has 2 aromatic heterocycles. The number of nitrogens with zero attached hydrogens (tertiary/aromatic N) is 2. The van der Waals surface area contributed by atoms with Crippen molar-refractivity contribution in [3.63, 3.8) is 0 Å². The number of thiazole rings is 1. The molecule has 2 aromatic carbocycles. The highest BCUT2D eigenvalue weighted by Crippen LogP contribution is 2.26. The fourth-order valence-electron chi connectivity index (χ4n) is 3.21. The molecule has 0 amide bonds. The van der Waals surface area contributed by atoms with Gasteiger partial charge in [-0.05, 0) is 51.0 Å². The monoisotopic (exact) mass is 433 g/mol. The Hall–Kier alpha value is -3.45. The lowest BCUT2D eigenvalue weighted by molar-refractivity contribution is 0.0605. The molecule has 0 radical (unpaired) electrons. The van der Waals surface area contributed by atoms with Crippen LogP contribution in [0.2, 0.25) is 0 Å². The Labute approximate surface area is 184 Å². The maximum Gasteiger partial charge on any atom is 0.350 e. The van der Waals surface area contributed by atoms with Crippen LogP contribution in [0.25, 0.3) is 22.3 Å². The minimum atomic E-state index is -0.403. The van der Waals surface area contributed by atoms with Crippen molar-refractivity contribution >= 4 is 33.4 Å². The number of hydrogen-bond donors (Lipinski definition) is 1. The van der Waals surface area contributed by atoms with Crippen molar-refractivity contribution in [2.24, 2.45) is 5.10 Å². The van der Waals surface area contributed by atoms with E-state index in [0.717, 1.165) is 38.8 Å². The molecule has 0 unspecified atom stereocenters. The number of aryl methyl sites for hydroxylation is 4. The van der Waals surface area contributed by atoms with Gasteiger partial charge in [0.1, 0.15) is 16.2 Å². The van der Waals surface area contributed by atoms with Crippen LogP contribution in [0.4, 0.5) is 5.13 Å². The van der Waals surface area contributed by atoms with Crippen LogP contribution < -0.4 is 10.8 Å². The number of ether oxygens (including phenoxy) is 1. The van der Waals surface area contributed by atoms with Gasteiger partial charge in [0.15, 0.2) is 0 Å². The number of aromatic nitrogens is 1. The summed E-state index contributed by atoms with van der Waals surface area (Å²) in [6.45, 7) is 7.94. The van der Waals surface area contributed by atoms with E-state index < -0.39 is 5.97 Å². The first-order valence-electron chi connectivity index (χ1n) is 9.83. The Morgan fingerprint density at radius 1 is 1.06 bits per heavy atom. The topological polar surface area (TPSA) is 76.7 Å². The van der Waals surface area contributed by atoms with Crippen molar-refractivity contribution in [2.75, 3.05) is 12.5 Å².